The number of aromatic nitrogens is 2. The monoisotopic (exact) mass is 346 g/mol. The van der Waals surface area contributed by atoms with E-state index < -0.39 is 0 Å². The number of nitrogens with zero attached hydrogens (tertiary/aromatic N) is 2. The number of pyridine rings is 2. The molecule has 0 radical (unpaired) electrons. The van der Waals surface area contributed by atoms with Crippen molar-refractivity contribution in [1.29, 1.82) is 0 Å². The molecule has 0 bridgehead atoms. The van der Waals surface area contributed by atoms with Gasteiger partial charge in [-0.1, -0.05) is 11.6 Å². The van der Waals surface area contributed by atoms with Gasteiger partial charge in [0, 0.05) is 32.4 Å². The SMILES string of the molecule is Cc1cc(Cl)ccn1.Cc1cc(I)ccn1. The molecule has 16 heavy (non-hydrogen) atoms. The first-order valence-electron chi connectivity index (χ1n) is 4.74. The smallest absolute Gasteiger partial charge is 0.0439 e. The van der Waals surface area contributed by atoms with E-state index in [4.69, 9.17) is 11.6 Å². The summed E-state index contributed by atoms with van der Waals surface area (Å²) in [6.07, 6.45) is 3.51. The first kappa shape index (κ1) is 13.4. The van der Waals surface area contributed by atoms with Gasteiger partial charge in [0.2, 0.25) is 0 Å². The van der Waals surface area contributed by atoms with E-state index in [1.54, 1.807) is 12.3 Å². The maximum Gasteiger partial charge on any atom is 0.0439 e. The third kappa shape index (κ3) is 5.42. The van der Waals surface area contributed by atoms with E-state index in [1.165, 1.54) is 3.57 Å². The summed E-state index contributed by atoms with van der Waals surface area (Å²) in [5, 5.41) is 0.748. The Kier molecular flexibility index (Phi) is 5.69. The standard InChI is InChI=1S/C6H6ClN.C6H6IN/c2*1-5-4-6(7)2-3-8-5/h2*2-4H,1H3. The van der Waals surface area contributed by atoms with E-state index in [9.17, 15) is 0 Å². The minimum Gasteiger partial charge on any atom is -0.262 e. The van der Waals surface area contributed by atoms with Crippen LogP contribution in [0, 0.1) is 17.4 Å². The highest BCUT2D eigenvalue weighted by atomic mass is 127. The first-order valence-corrected chi connectivity index (χ1v) is 6.20. The Balaban J connectivity index is 0.000000160. The van der Waals surface area contributed by atoms with Crippen molar-refractivity contribution in [3.05, 3.63) is 56.6 Å². The fourth-order valence-corrected chi connectivity index (χ4v) is 1.85. The molecule has 2 nitrogen and oxygen atoms in total. The predicted molar refractivity (Wildman–Crippen MR) is 75.7 cm³/mol. The first-order chi connectivity index (χ1) is 7.58. The summed E-state index contributed by atoms with van der Waals surface area (Å²) in [6, 6.07) is 7.60. The number of rotatable bonds is 0. The largest absolute Gasteiger partial charge is 0.262 e. The highest BCUT2D eigenvalue weighted by Crippen LogP contribution is 2.05. The van der Waals surface area contributed by atoms with Crippen LogP contribution in [0.25, 0.3) is 0 Å². The second kappa shape index (κ2) is 6.81. The summed E-state index contributed by atoms with van der Waals surface area (Å²) in [5.74, 6) is 0. The van der Waals surface area contributed by atoms with Crippen LogP contribution in [0.5, 0.6) is 0 Å². The van der Waals surface area contributed by atoms with E-state index >= 15 is 0 Å². The fraction of sp³-hybridized carbons (Fsp3) is 0.167. The summed E-state index contributed by atoms with van der Waals surface area (Å²) < 4.78 is 1.25. The van der Waals surface area contributed by atoms with Crippen molar-refractivity contribution < 1.29 is 0 Å². The fourth-order valence-electron chi connectivity index (χ4n) is 1.02. The molecule has 0 saturated carbocycles. The number of hydrogen-bond acceptors (Lipinski definition) is 2. The Morgan fingerprint density at radius 3 is 1.88 bits per heavy atom. The van der Waals surface area contributed by atoms with Gasteiger partial charge in [0.05, 0.1) is 0 Å². The Morgan fingerprint density at radius 2 is 1.56 bits per heavy atom. The Labute approximate surface area is 114 Å². The van der Waals surface area contributed by atoms with Gasteiger partial charge in [-0.3, -0.25) is 9.97 Å². The molecule has 0 N–H and O–H groups in total. The van der Waals surface area contributed by atoms with Crippen molar-refractivity contribution in [2.24, 2.45) is 0 Å². The molecule has 0 aliphatic heterocycles. The molecule has 0 saturated heterocycles. The molecule has 2 aromatic heterocycles. The summed E-state index contributed by atoms with van der Waals surface area (Å²) >= 11 is 7.87. The van der Waals surface area contributed by atoms with Crippen LogP contribution in [0.15, 0.2) is 36.7 Å². The van der Waals surface area contributed by atoms with Crippen molar-refractivity contribution in [3.8, 4) is 0 Å². The molecule has 84 valence electrons. The van der Waals surface area contributed by atoms with E-state index in [1.807, 2.05) is 38.2 Å². The zero-order valence-electron chi connectivity index (χ0n) is 9.11. The molecule has 0 unspecified atom stereocenters. The van der Waals surface area contributed by atoms with E-state index in [0.29, 0.717) is 0 Å². The third-order valence-electron chi connectivity index (χ3n) is 1.72. The van der Waals surface area contributed by atoms with E-state index in [-0.39, 0.29) is 0 Å². The van der Waals surface area contributed by atoms with Crippen molar-refractivity contribution in [2.45, 2.75) is 13.8 Å². The van der Waals surface area contributed by atoms with Crippen molar-refractivity contribution in [1.82, 2.24) is 9.97 Å². The van der Waals surface area contributed by atoms with Gasteiger partial charge in [-0.2, -0.15) is 0 Å². The second-order valence-corrected chi connectivity index (χ2v) is 4.91. The Morgan fingerprint density at radius 1 is 1.00 bits per heavy atom. The normalized spacial score (nSPS) is 9.25. The van der Waals surface area contributed by atoms with E-state index in [2.05, 4.69) is 32.6 Å². The van der Waals surface area contributed by atoms with Crippen LogP contribution in [-0.4, -0.2) is 9.97 Å². The van der Waals surface area contributed by atoms with Crippen LogP contribution in [0.1, 0.15) is 11.4 Å². The lowest BCUT2D eigenvalue weighted by Gasteiger charge is -1.88. The van der Waals surface area contributed by atoms with Crippen LogP contribution < -0.4 is 0 Å². The lowest BCUT2D eigenvalue weighted by molar-refractivity contribution is 1.19. The summed E-state index contributed by atoms with van der Waals surface area (Å²) in [6.45, 7) is 3.90. The second-order valence-electron chi connectivity index (χ2n) is 3.23. The van der Waals surface area contributed by atoms with Crippen LogP contribution in [0.4, 0.5) is 0 Å². The van der Waals surface area contributed by atoms with Crippen molar-refractivity contribution >= 4 is 34.2 Å². The van der Waals surface area contributed by atoms with Gasteiger partial charge in [-0.05, 0) is 60.7 Å². The summed E-state index contributed by atoms with van der Waals surface area (Å²) in [5.41, 5.74) is 2.04. The maximum atomic E-state index is 5.60. The lowest BCUT2D eigenvalue weighted by Crippen LogP contribution is -1.78. The van der Waals surface area contributed by atoms with Gasteiger partial charge in [0.1, 0.15) is 0 Å². The zero-order valence-corrected chi connectivity index (χ0v) is 12.0. The molecular formula is C12H12ClIN2. The molecule has 2 rings (SSSR count). The quantitative estimate of drug-likeness (QED) is 0.673. The average Bonchev–Trinajstić information content (AvgIpc) is 2.17. The molecule has 2 heterocycles. The minimum atomic E-state index is 0.748. The van der Waals surface area contributed by atoms with Gasteiger partial charge in [-0.15, -0.1) is 0 Å². The van der Waals surface area contributed by atoms with E-state index in [0.717, 1.165) is 16.4 Å². The molecule has 2 aromatic rings. The molecule has 0 aromatic carbocycles. The highest BCUT2D eigenvalue weighted by Gasteiger charge is 1.84. The molecule has 0 fully saturated rings. The van der Waals surface area contributed by atoms with Gasteiger partial charge in [-0.25, -0.2) is 0 Å². The number of halogens is 2. The van der Waals surface area contributed by atoms with Gasteiger partial charge in [0.25, 0.3) is 0 Å². The Bertz CT molecular complexity index is 382. The minimum absolute atomic E-state index is 0.748. The molecule has 0 amide bonds. The average molecular weight is 347 g/mol. The van der Waals surface area contributed by atoms with Crippen LogP contribution in [0.3, 0.4) is 0 Å². The molecule has 4 heteroatoms. The highest BCUT2D eigenvalue weighted by molar-refractivity contribution is 14.1. The van der Waals surface area contributed by atoms with Crippen molar-refractivity contribution in [2.75, 3.05) is 0 Å². The Hall–Kier alpha value is -0.680. The van der Waals surface area contributed by atoms with Crippen LogP contribution in [-0.2, 0) is 0 Å². The topological polar surface area (TPSA) is 25.8 Å². The molecule has 0 aliphatic rings. The lowest BCUT2D eigenvalue weighted by atomic mass is 10.4. The third-order valence-corrected chi connectivity index (χ3v) is 2.62. The van der Waals surface area contributed by atoms with Gasteiger partial charge < -0.3 is 0 Å². The van der Waals surface area contributed by atoms with Crippen molar-refractivity contribution in [3.63, 3.8) is 0 Å². The number of hydrogen-bond donors (Lipinski definition) is 0. The van der Waals surface area contributed by atoms with Crippen LogP contribution >= 0.6 is 34.2 Å². The molecule has 0 spiro atoms. The molecular weight excluding hydrogens is 335 g/mol. The molecule has 0 atom stereocenters. The van der Waals surface area contributed by atoms with Gasteiger partial charge >= 0.3 is 0 Å². The predicted octanol–water partition coefficient (Wildman–Crippen LogP) is 4.04. The van der Waals surface area contributed by atoms with Crippen LogP contribution in [0.2, 0.25) is 5.02 Å². The number of aryl methyl sites for hydroxylation is 2. The van der Waals surface area contributed by atoms with Gasteiger partial charge in [0.15, 0.2) is 0 Å². The summed E-state index contributed by atoms with van der Waals surface area (Å²) in [7, 11) is 0. The summed E-state index contributed by atoms with van der Waals surface area (Å²) in [4.78, 5) is 7.99. The molecule has 0 aliphatic carbocycles. The zero-order chi connectivity index (χ0) is 12.0. The maximum absolute atomic E-state index is 5.60.